The Bertz CT molecular complexity index is 890. The number of para-hydroxylation sites is 1. The molecule has 7 heteroatoms. The zero-order valence-corrected chi connectivity index (χ0v) is 13.2. The normalized spacial score (nSPS) is 15.0. The van der Waals surface area contributed by atoms with Gasteiger partial charge in [0.15, 0.2) is 3.95 Å². The van der Waals surface area contributed by atoms with E-state index in [2.05, 4.69) is 4.99 Å². The van der Waals surface area contributed by atoms with Crippen molar-refractivity contribution in [3.05, 3.63) is 38.7 Å². The first-order valence-corrected chi connectivity index (χ1v) is 7.71. The largest absolute Gasteiger partial charge is 0.493 e. The number of nitrogens with zero attached hydrogens (tertiary/aromatic N) is 2. The summed E-state index contributed by atoms with van der Waals surface area (Å²) in [6.07, 6.45) is 1.80. The number of fused-ring (bicyclic) bond motifs is 1. The summed E-state index contributed by atoms with van der Waals surface area (Å²) in [6, 6.07) is 7.74. The molecular formula is C15H12N2O3S2. The van der Waals surface area contributed by atoms with Crippen LogP contribution in [0, 0.1) is 3.95 Å². The maximum absolute atomic E-state index is 10.8. The molecule has 0 spiro atoms. The number of aliphatic imine (C=N–C) groups is 1. The highest BCUT2D eigenvalue weighted by Crippen LogP contribution is 2.38. The Balaban J connectivity index is 2.09. The number of hydrogen-bond acceptors (Lipinski definition) is 5. The smallest absolute Gasteiger partial charge is 0.323 e. The molecule has 112 valence electrons. The van der Waals surface area contributed by atoms with Gasteiger partial charge in [0.05, 0.1) is 10.6 Å². The van der Waals surface area contributed by atoms with Crippen LogP contribution in [0.5, 0.6) is 5.88 Å². The number of carbonyl (C=O) groups is 1. The zero-order valence-electron chi connectivity index (χ0n) is 11.6. The maximum Gasteiger partial charge on any atom is 0.323 e. The summed E-state index contributed by atoms with van der Waals surface area (Å²) in [5.74, 6) is -1.17. The molecule has 0 radical (unpaired) electrons. The van der Waals surface area contributed by atoms with Crippen LogP contribution in [0.15, 0.2) is 29.3 Å². The quantitative estimate of drug-likeness (QED) is 0.840. The van der Waals surface area contributed by atoms with E-state index in [0.717, 1.165) is 22.5 Å². The highest BCUT2D eigenvalue weighted by Gasteiger charge is 2.19. The lowest BCUT2D eigenvalue weighted by Crippen LogP contribution is -2.07. The molecule has 0 unspecified atom stereocenters. The third-order valence-corrected chi connectivity index (χ3v) is 4.72. The van der Waals surface area contributed by atoms with Gasteiger partial charge >= 0.3 is 5.97 Å². The van der Waals surface area contributed by atoms with Crippen molar-refractivity contribution in [2.24, 2.45) is 4.99 Å². The molecule has 0 saturated heterocycles. The van der Waals surface area contributed by atoms with Gasteiger partial charge in [0.2, 0.25) is 5.88 Å². The van der Waals surface area contributed by atoms with Crippen LogP contribution in [0.2, 0.25) is 0 Å². The Hall–Kier alpha value is -2.25. The molecule has 0 fully saturated rings. The molecule has 0 atom stereocenters. The van der Waals surface area contributed by atoms with Gasteiger partial charge in [-0.05, 0) is 31.3 Å². The van der Waals surface area contributed by atoms with Gasteiger partial charge < -0.3 is 10.2 Å². The summed E-state index contributed by atoms with van der Waals surface area (Å²) in [5, 5.41) is 19.1. The van der Waals surface area contributed by atoms with Crippen molar-refractivity contribution in [3.63, 3.8) is 0 Å². The molecule has 5 nitrogen and oxygen atoms in total. The Morgan fingerprint density at radius 1 is 1.45 bits per heavy atom. The average molecular weight is 332 g/mol. The van der Waals surface area contributed by atoms with E-state index in [4.69, 9.17) is 17.3 Å². The average Bonchev–Trinajstić information content (AvgIpc) is 2.91. The van der Waals surface area contributed by atoms with Gasteiger partial charge in [0, 0.05) is 16.8 Å². The molecule has 2 aromatic rings. The number of hydrogen-bond donors (Lipinski definition) is 2. The lowest BCUT2D eigenvalue weighted by atomic mass is 10.0. The fourth-order valence-electron chi connectivity index (χ4n) is 2.33. The first-order valence-electron chi connectivity index (χ1n) is 6.48. The van der Waals surface area contributed by atoms with Gasteiger partial charge in [-0.25, -0.2) is 0 Å². The summed E-state index contributed by atoms with van der Waals surface area (Å²) in [6.45, 7) is 1.55. The van der Waals surface area contributed by atoms with E-state index in [1.54, 1.807) is 6.08 Å². The van der Waals surface area contributed by atoms with Crippen LogP contribution in [0.4, 0.5) is 5.69 Å². The summed E-state index contributed by atoms with van der Waals surface area (Å²) in [4.78, 5) is 15.9. The number of carboxylic acid groups (broad SMARTS) is 1. The van der Waals surface area contributed by atoms with Crippen LogP contribution in [0.1, 0.15) is 17.4 Å². The van der Waals surface area contributed by atoms with E-state index < -0.39 is 5.97 Å². The van der Waals surface area contributed by atoms with Crippen LogP contribution < -0.4 is 0 Å². The summed E-state index contributed by atoms with van der Waals surface area (Å²) < 4.78 is 1.54. The fourth-order valence-corrected chi connectivity index (χ4v) is 3.58. The molecule has 3 rings (SSSR count). The fraction of sp³-hybridized carbons (Fsp3) is 0.133. The van der Waals surface area contributed by atoms with Crippen molar-refractivity contribution in [2.75, 3.05) is 0 Å². The molecule has 1 aromatic heterocycles. The van der Waals surface area contributed by atoms with Crippen molar-refractivity contribution >= 4 is 52.6 Å². The molecule has 0 aliphatic carbocycles. The number of allylic oxidation sites excluding steroid dienone is 1. The van der Waals surface area contributed by atoms with Crippen molar-refractivity contribution in [3.8, 4) is 5.88 Å². The highest BCUT2D eigenvalue weighted by molar-refractivity contribution is 7.73. The van der Waals surface area contributed by atoms with Crippen molar-refractivity contribution < 1.29 is 15.0 Å². The van der Waals surface area contributed by atoms with Gasteiger partial charge in [0.25, 0.3) is 0 Å². The maximum atomic E-state index is 10.8. The van der Waals surface area contributed by atoms with Crippen molar-refractivity contribution in [1.29, 1.82) is 0 Å². The van der Waals surface area contributed by atoms with Crippen LogP contribution >= 0.6 is 23.6 Å². The summed E-state index contributed by atoms with van der Waals surface area (Å²) >= 11 is 6.31. The monoisotopic (exact) mass is 332 g/mol. The van der Waals surface area contributed by atoms with E-state index in [0.29, 0.717) is 8.83 Å². The minimum absolute atomic E-state index is 0.123. The van der Waals surface area contributed by atoms with Crippen molar-refractivity contribution in [2.45, 2.75) is 13.5 Å². The topological polar surface area (TPSA) is 74.8 Å². The van der Waals surface area contributed by atoms with Crippen LogP contribution in [-0.4, -0.2) is 26.5 Å². The van der Waals surface area contributed by atoms with Gasteiger partial charge in [-0.2, -0.15) is 0 Å². The van der Waals surface area contributed by atoms with Gasteiger partial charge in [-0.3, -0.25) is 14.4 Å². The second kappa shape index (κ2) is 5.51. The number of thiazole rings is 1. The number of aromatic hydroxyl groups is 1. The second-order valence-electron chi connectivity index (χ2n) is 4.81. The SMILES string of the molecule is CC1=Nc2ccccc2C1=Cc1sc(=S)n(CC(=O)O)c1O. The second-order valence-corrected chi connectivity index (χ2v) is 6.48. The molecule has 0 bridgehead atoms. The number of benzene rings is 1. The van der Waals surface area contributed by atoms with E-state index in [1.165, 1.54) is 15.9 Å². The summed E-state index contributed by atoms with van der Waals surface area (Å²) in [5.41, 5.74) is 3.64. The standard InChI is InChI=1S/C15H12N2O3S2/c1-8-10(9-4-2-3-5-11(9)16-8)6-12-14(20)17(7-13(18)19)15(21)22-12/h2-6,20H,7H2,1H3,(H,18,19). The highest BCUT2D eigenvalue weighted by atomic mass is 32.1. The van der Waals surface area contributed by atoms with E-state index in [9.17, 15) is 9.90 Å². The number of rotatable bonds is 3. The predicted molar refractivity (Wildman–Crippen MR) is 89.5 cm³/mol. The van der Waals surface area contributed by atoms with Gasteiger partial charge in [0.1, 0.15) is 6.54 Å². The Kier molecular flexibility index (Phi) is 3.67. The molecule has 0 amide bonds. The lowest BCUT2D eigenvalue weighted by Gasteiger charge is -2.02. The van der Waals surface area contributed by atoms with Gasteiger partial charge in [-0.15, -0.1) is 11.3 Å². The van der Waals surface area contributed by atoms with Crippen LogP contribution in [0.3, 0.4) is 0 Å². The third kappa shape index (κ3) is 2.49. The third-order valence-electron chi connectivity index (χ3n) is 3.33. The molecule has 1 aromatic carbocycles. The first-order chi connectivity index (χ1) is 10.5. The first kappa shape index (κ1) is 14.7. The number of aromatic nitrogens is 1. The Labute approximate surface area is 135 Å². The van der Waals surface area contributed by atoms with Crippen LogP contribution in [-0.2, 0) is 11.3 Å². The lowest BCUT2D eigenvalue weighted by molar-refractivity contribution is -0.137. The Morgan fingerprint density at radius 2 is 2.18 bits per heavy atom. The molecular weight excluding hydrogens is 320 g/mol. The molecule has 1 aliphatic heterocycles. The zero-order chi connectivity index (χ0) is 15.9. The molecule has 2 N–H and O–H groups in total. The number of aliphatic carboxylic acids is 1. The van der Waals surface area contributed by atoms with E-state index >= 15 is 0 Å². The minimum atomic E-state index is -1.05. The molecule has 2 heterocycles. The van der Waals surface area contributed by atoms with E-state index in [-0.39, 0.29) is 12.4 Å². The number of carboxylic acids is 1. The van der Waals surface area contributed by atoms with Gasteiger partial charge in [-0.1, -0.05) is 18.2 Å². The molecule has 1 aliphatic rings. The van der Waals surface area contributed by atoms with E-state index in [1.807, 2.05) is 31.2 Å². The Morgan fingerprint density at radius 3 is 2.91 bits per heavy atom. The van der Waals surface area contributed by atoms with Crippen molar-refractivity contribution in [1.82, 2.24) is 4.57 Å². The van der Waals surface area contributed by atoms with Crippen LogP contribution in [0.25, 0.3) is 11.6 Å². The predicted octanol–water partition coefficient (Wildman–Crippen LogP) is 3.72. The molecule has 0 saturated carbocycles. The summed E-state index contributed by atoms with van der Waals surface area (Å²) in [7, 11) is 0. The minimum Gasteiger partial charge on any atom is -0.493 e. The molecule has 22 heavy (non-hydrogen) atoms.